The molecule has 2 rings (SSSR count). The fraction of sp³-hybridized carbons (Fsp3) is 0.364. The van der Waals surface area contributed by atoms with Gasteiger partial charge in [0.15, 0.2) is 0 Å². The van der Waals surface area contributed by atoms with Crippen molar-refractivity contribution in [2.24, 2.45) is 5.92 Å². The van der Waals surface area contributed by atoms with Crippen molar-refractivity contribution in [2.75, 3.05) is 0 Å². The van der Waals surface area contributed by atoms with Crippen molar-refractivity contribution >= 4 is 12.0 Å². The molecule has 0 spiro atoms. The molecule has 0 aliphatic carbocycles. The van der Waals surface area contributed by atoms with E-state index in [1.54, 1.807) is 25.1 Å². The van der Waals surface area contributed by atoms with E-state index < -0.39 is 5.91 Å². The van der Waals surface area contributed by atoms with Gasteiger partial charge in [0, 0.05) is 17.9 Å². The van der Waals surface area contributed by atoms with Crippen molar-refractivity contribution in [1.82, 2.24) is 9.88 Å². The molecule has 1 aromatic heterocycles. The van der Waals surface area contributed by atoms with E-state index in [0.717, 1.165) is 29.1 Å². The number of amides is 1. The monoisotopic (exact) mass is 367 g/mol. The molecule has 1 aromatic carbocycles. The number of carbonyl (C=O) groups is 1. The van der Waals surface area contributed by atoms with Crippen LogP contribution in [-0.2, 0) is 11.3 Å². The van der Waals surface area contributed by atoms with Crippen molar-refractivity contribution in [3.05, 3.63) is 64.2 Å². The van der Waals surface area contributed by atoms with Gasteiger partial charge in [-0.1, -0.05) is 26.0 Å². The molecule has 0 radical (unpaired) electrons. The van der Waals surface area contributed by atoms with Crippen molar-refractivity contribution < 1.29 is 9.18 Å². The molecule has 0 aliphatic rings. The van der Waals surface area contributed by atoms with Crippen LogP contribution in [0.5, 0.6) is 0 Å². The van der Waals surface area contributed by atoms with Gasteiger partial charge in [-0.3, -0.25) is 4.79 Å². The molecule has 27 heavy (non-hydrogen) atoms. The Bertz CT molecular complexity index is 886. The average molecular weight is 367 g/mol. The maximum Gasteiger partial charge on any atom is 0.262 e. The van der Waals surface area contributed by atoms with Gasteiger partial charge >= 0.3 is 0 Å². The van der Waals surface area contributed by atoms with Gasteiger partial charge in [0.2, 0.25) is 0 Å². The van der Waals surface area contributed by atoms with Crippen molar-refractivity contribution in [1.29, 1.82) is 5.26 Å². The highest BCUT2D eigenvalue weighted by molar-refractivity contribution is 6.02. The summed E-state index contributed by atoms with van der Waals surface area (Å²) in [7, 11) is 0. The summed E-state index contributed by atoms with van der Waals surface area (Å²) in [6.07, 6.45) is 1.63. The van der Waals surface area contributed by atoms with E-state index in [-0.39, 0.29) is 17.4 Å². The lowest BCUT2D eigenvalue weighted by Gasteiger charge is -2.14. The quantitative estimate of drug-likeness (QED) is 0.595. The van der Waals surface area contributed by atoms with Crippen molar-refractivity contribution in [3.8, 4) is 6.07 Å². The molecular formula is C22H26FN3O. The zero-order chi connectivity index (χ0) is 20.1. The van der Waals surface area contributed by atoms with E-state index in [4.69, 9.17) is 0 Å². The Kier molecular flexibility index (Phi) is 6.57. The minimum atomic E-state index is -0.442. The van der Waals surface area contributed by atoms with Crippen LogP contribution in [-0.4, -0.2) is 10.5 Å². The summed E-state index contributed by atoms with van der Waals surface area (Å²) >= 11 is 0. The van der Waals surface area contributed by atoms with E-state index in [1.165, 1.54) is 12.1 Å². The molecular weight excluding hydrogens is 341 g/mol. The maximum absolute atomic E-state index is 13.0. The number of nitriles is 1. The molecule has 1 unspecified atom stereocenters. The second-order valence-electron chi connectivity index (χ2n) is 7.25. The van der Waals surface area contributed by atoms with Crippen LogP contribution in [0.25, 0.3) is 6.08 Å². The number of aryl methyl sites for hydroxylation is 1. The highest BCUT2D eigenvalue weighted by Crippen LogP contribution is 2.20. The lowest BCUT2D eigenvalue weighted by Crippen LogP contribution is -2.27. The molecule has 0 fully saturated rings. The second kappa shape index (κ2) is 8.68. The SMILES string of the molecule is Cc1cc(/C=C(\C#N)C(=O)NC(C)c2ccc(F)cc2)c(C)n1CC(C)C. The third-order valence-electron chi connectivity index (χ3n) is 4.54. The van der Waals surface area contributed by atoms with Gasteiger partial charge in [-0.05, 0) is 62.1 Å². The van der Waals surface area contributed by atoms with Crippen molar-refractivity contribution in [3.63, 3.8) is 0 Å². The number of nitrogens with zero attached hydrogens (tertiary/aromatic N) is 2. The van der Waals surface area contributed by atoms with E-state index in [1.807, 2.05) is 26.0 Å². The number of benzene rings is 1. The van der Waals surface area contributed by atoms with E-state index >= 15 is 0 Å². The molecule has 4 nitrogen and oxygen atoms in total. The van der Waals surface area contributed by atoms with Gasteiger partial charge in [0.1, 0.15) is 17.5 Å². The summed E-state index contributed by atoms with van der Waals surface area (Å²) in [5, 5.41) is 12.3. The van der Waals surface area contributed by atoms with Gasteiger partial charge in [-0.25, -0.2) is 4.39 Å². The first-order valence-electron chi connectivity index (χ1n) is 9.07. The van der Waals surface area contributed by atoms with Crippen LogP contribution < -0.4 is 5.32 Å². The van der Waals surface area contributed by atoms with Crippen molar-refractivity contribution in [2.45, 2.75) is 47.2 Å². The molecule has 0 saturated heterocycles. The van der Waals surface area contributed by atoms with Gasteiger partial charge < -0.3 is 9.88 Å². The first-order valence-corrected chi connectivity index (χ1v) is 9.07. The summed E-state index contributed by atoms with van der Waals surface area (Å²) < 4.78 is 15.2. The zero-order valence-corrected chi connectivity index (χ0v) is 16.5. The predicted octanol–water partition coefficient (Wildman–Crippen LogP) is 4.68. The summed E-state index contributed by atoms with van der Waals surface area (Å²) in [5.74, 6) is -0.267. The van der Waals surface area contributed by atoms with E-state index in [2.05, 4.69) is 23.7 Å². The Balaban J connectivity index is 2.22. The number of hydrogen-bond donors (Lipinski definition) is 1. The highest BCUT2D eigenvalue weighted by Gasteiger charge is 2.16. The van der Waals surface area contributed by atoms with Gasteiger partial charge in [0.25, 0.3) is 5.91 Å². The fourth-order valence-corrected chi connectivity index (χ4v) is 3.03. The number of hydrogen-bond acceptors (Lipinski definition) is 2. The molecule has 5 heteroatoms. The largest absolute Gasteiger partial charge is 0.348 e. The molecule has 1 amide bonds. The Morgan fingerprint density at radius 2 is 1.89 bits per heavy atom. The topological polar surface area (TPSA) is 57.8 Å². The Morgan fingerprint density at radius 1 is 1.26 bits per heavy atom. The van der Waals surface area contributed by atoms with Crippen LogP contribution in [0.3, 0.4) is 0 Å². The van der Waals surface area contributed by atoms with Gasteiger partial charge in [-0.2, -0.15) is 5.26 Å². The standard InChI is InChI=1S/C22H26FN3O/c1-14(2)13-26-15(3)10-19(17(26)5)11-20(12-24)22(27)25-16(4)18-6-8-21(23)9-7-18/h6-11,14,16H,13H2,1-5H3,(H,25,27)/b20-11+. The van der Waals surface area contributed by atoms with Crippen LogP contribution in [0.4, 0.5) is 4.39 Å². The minimum Gasteiger partial charge on any atom is -0.348 e. The van der Waals surface area contributed by atoms with E-state index in [0.29, 0.717) is 5.92 Å². The number of nitrogens with one attached hydrogen (secondary N) is 1. The molecule has 1 heterocycles. The zero-order valence-electron chi connectivity index (χ0n) is 16.5. The third-order valence-corrected chi connectivity index (χ3v) is 4.54. The molecule has 1 atom stereocenters. The molecule has 0 saturated carbocycles. The number of halogens is 1. The Hall–Kier alpha value is -2.87. The Morgan fingerprint density at radius 3 is 2.44 bits per heavy atom. The van der Waals surface area contributed by atoms with Crippen LogP contribution in [0.15, 0.2) is 35.9 Å². The fourth-order valence-electron chi connectivity index (χ4n) is 3.03. The van der Waals surface area contributed by atoms with E-state index in [9.17, 15) is 14.4 Å². The molecule has 2 aromatic rings. The van der Waals surface area contributed by atoms with Gasteiger partial charge in [0.05, 0.1) is 6.04 Å². The third kappa shape index (κ3) is 5.07. The van der Waals surface area contributed by atoms with Crippen LogP contribution >= 0.6 is 0 Å². The normalized spacial score (nSPS) is 12.7. The highest BCUT2D eigenvalue weighted by atomic mass is 19.1. The average Bonchev–Trinajstić information content (AvgIpc) is 2.87. The van der Waals surface area contributed by atoms with Crippen LogP contribution in [0.2, 0.25) is 0 Å². The summed E-state index contributed by atoms with van der Waals surface area (Å²) in [6, 6.07) is 9.60. The summed E-state index contributed by atoms with van der Waals surface area (Å²) in [6.45, 7) is 11.0. The number of aromatic nitrogens is 1. The minimum absolute atomic E-state index is 0.0498. The summed E-state index contributed by atoms with van der Waals surface area (Å²) in [5.41, 5.74) is 3.83. The Labute approximate surface area is 160 Å². The van der Waals surface area contributed by atoms with Gasteiger partial charge in [-0.15, -0.1) is 0 Å². The molecule has 0 aliphatic heterocycles. The first-order chi connectivity index (χ1) is 12.7. The first kappa shape index (κ1) is 20.4. The maximum atomic E-state index is 13.0. The molecule has 0 bridgehead atoms. The predicted molar refractivity (Wildman–Crippen MR) is 105 cm³/mol. The van der Waals surface area contributed by atoms with Crippen LogP contribution in [0.1, 0.15) is 49.3 Å². The second-order valence-corrected chi connectivity index (χ2v) is 7.25. The molecule has 1 N–H and O–H groups in total. The molecule has 142 valence electrons. The lowest BCUT2D eigenvalue weighted by atomic mass is 10.1. The number of rotatable bonds is 6. The number of carbonyl (C=O) groups excluding carboxylic acids is 1. The summed E-state index contributed by atoms with van der Waals surface area (Å²) in [4.78, 5) is 12.5. The van der Waals surface area contributed by atoms with Crippen LogP contribution in [0, 0.1) is 36.9 Å². The smallest absolute Gasteiger partial charge is 0.262 e. The lowest BCUT2D eigenvalue weighted by molar-refractivity contribution is -0.117.